The Morgan fingerprint density at radius 2 is 1.64 bits per heavy atom. The molecule has 0 aliphatic carbocycles. The van der Waals surface area contributed by atoms with Gasteiger partial charge in [0.1, 0.15) is 12.4 Å². The van der Waals surface area contributed by atoms with E-state index in [0.29, 0.717) is 4.90 Å². The average Bonchev–Trinajstić information content (AvgIpc) is 2.52. The third-order valence-electron chi connectivity index (χ3n) is 3.01. The van der Waals surface area contributed by atoms with Crippen LogP contribution < -0.4 is 9.64 Å². The van der Waals surface area contributed by atoms with Crippen LogP contribution in [0, 0.1) is 0 Å². The zero-order valence-electron chi connectivity index (χ0n) is 11.8. The number of ether oxygens (including phenoxy) is 1. The van der Waals surface area contributed by atoms with Crippen molar-refractivity contribution < 1.29 is 22.7 Å². The Bertz CT molecular complexity index is 641. The van der Waals surface area contributed by atoms with E-state index in [1.807, 2.05) is 30.3 Å². The Hall–Kier alpha value is -2.50. The number of amides is 1. The lowest BCUT2D eigenvalue weighted by molar-refractivity contribution is -0.170. The maximum atomic E-state index is 12.5. The number of halogens is 3. The number of hydrogen-bond donors (Lipinski definition) is 0. The molecule has 22 heavy (non-hydrogen) atoms. The van der Waals surface area contributed by atoms with E-state index in [0.717, 1.165) is 12.6 Å². The smallest absolute Gasteiger partial charge is 0.471 e. The molecule has 0 fully saturated rings. The maximum absolute atomic E-state index is 12.5. The molecule has 0 saturated carbocycles. The van der Waals surface area contributed by atoms with Crippen LogP contribution in [0.1, 0.15) is 5.56 Å². The van der Waals surface area contributed by atoms with Crippen molar-refractivity contribution in [1.82, 2.24) is 0 Å². The first kappa shape index (κ1) is 15.9. The summed E-state index contributed by atoms with van der Waals surface area (Å²) >= 11 is 0. The second kappa shape index (κ2) is 6.51. The van der Waals surface area contributed by atoms with Crippen LogP contribution in [-0.2, 0) is 11.4 Å². The molecule has 0 spiro atoms. The molecule has 2 aromatic carbocycles. The number of rotatable bonds is 4. The van der Waals surface area contributed by atoms with E-state index >= 15 is 0 Å². The lowest BCUT2D eigenvalue weighted by atomic mass is 10.2. The predicted octanol–water partition coefficient (Wildman–Crippen LogP) is 3.79. The van der Waals surface area contributed by atoms with Crippen molar-refractivity contribution >= 4 is 11.6 Å². The highest BCUT2D eigenvalue weighted by Crippen LogP contribution is 2.30. The monoisotopic (exact) mass is 309 g/mol. The van der Waals surface area contributed by atoms with Gasteiger partial charge in [0, 0.05) is 7.05 Å². The summed E-state index contributed by atoms with van der Waals surface area (Å²) in [7, 11) is 1.07. The molecule has 1 amide bonds. The summed E-state index contributed by atoms with van der Waals surface area (Å²) in [6.45, 7) is 0.200. The summed E-state index contributed by atoms with van der Waals surface area (Å²) in [4.78, 5) is 11.9. The normalized spacial score (nSPS) is 11.1. The number of alkyl halides is 3. The highest BCUT2D eigenvalue weighted by molar-refractivity contribution is 5.98. The maximum Gasteiger partial charge on any atom is 0.471 e. The van der Waals surface area contributed by atoms with Gasteiger partial charge in [0.25, 0.3) is 0 Å². The highest BCUT2D eigenvalue weighted by Gasteiger charge is 2.42. The molecule has 2 rings (SSSR count). The number of anilines is 1. The van der Waals surface area contributed by atoms with Gasteiger partial charge in [0.05, 0.1) is 5.69 Å². The summed E-state index contributed by atoms with van der Waals surface area (Å²) in [5.41, 5.74) is 0.947. The summed E-state index contributed by atoms with van der Waals surface area (Å²) in [5.74, 6) is -1.73. The molecule has 0 N–H and O–H groups in total. The average molecular weight is 309 g/mol. The minimum Gasteiger partial charge on any atom is -0.487 e. The number of carbonyl (C=O) groups is 1. The Morgan fingerprint density at radius 1 is 1.05 bits per heavy atom. The van der Waals surface area contributed by atoms with Crippen LogP contribution >= 0.6 is 0 Å². The fourth-order valence-electron chi connectivity index (χ4n) is 1.89. The molecule has 0 aliphatic heterocycles. The van der Waals surface area contributed by atoms with E-state index in [9.17, 15) is 18.0 Å². The molecule has 0 saturated heterocycles. The van der Waals surface area contributed by atoms with Gasteiger partial charge in [-0.25, -0.2) is 0 Å². The van der Waals surface area contributed by atoms with Gasteiger partial charge >= 0.3 is 12.1 Å². The first-order chi connectivity index (χ1) is 10.4. The van der Waals surface area contributed by atoms with Crippen LogP contribution in [0.5, 0.6) is 5.75 Å². The number of benzene rings is 2. The largest absolute Gasteiger partial charge is 0.487 e. The second-order valence-electron chi connectivity index (χ2n) is 4.60. The van der Waals surface area contributed by atoms with Crippen molar-refractivity contribution in [1.29, 1.82) is 0 Å². The molecule has 0 unspecified atom stereocenters. The van der Waals surface area contributed by atoms with Crippen molar-refractivity contribution in [2.24, 2.45) is 0 Å². The zero-order valence-corrected chi connectivity index (χ0v) is 11.8. The Kier molecular flexibility index (Phi) is 4.70. The van der Waals surface area contributed by atoms with Crippen LogP contribution in [-0.4, -0.2) is 19.1 Å². The molecular weight excluding hydrogens is 295 g/mol. The molecule has 0 atom stereocenters. The Labute approximate surface area is 125 Å². The SMILES string of the molecule is CN(C(=O)C(F)(F)F)c1ccccc1OCc1ccccc1. The van der Waals surface area contributed by atoms with E-state index in [1.54, 1.807) is 12.1 Å². The van der Waals surface area contributed by atoms with E-state index in [4.69, 9.17) is 4.74 Å². The van der Waals surface area contributed by atoms with Gasteiger partial charge in [-0.1, -0.05) is 42.5 Å². The summed E-state index contributed by atoms with van der Waals surface area (Å²) < 4.78 is 43.2. The Morgan fingerprint density at radius 3 is 2.27 bits per heavy atom. The topological polar surface area (TPSA) is 29.5 Å². The standard InChI is InChI=1S/C16H14F3NO2/c1-20(15(21)16(17,18)19)13-9-5-6-10-14(13)22-11-12-7-3-2-4-8-12/h2-10H,11H2,1H3. The molecular formula is C16H14F3NO2. The van der Waals surface area contributed by atoms with E-state index in [-0.39, 0.29) is 18.0 Å². The summed E-state index contributed by atoms with van der Waals surface area (Å²) in [5, 5.41) is 0. The molecule has 0 aliphatic rings. The minimum absolute atomic E-state index is 0.0701. The van der Waals surface area contributed by atoms with E-state index in [1.165, 1.54) is 12.1 Å². The number of para-hydroxylation sites is 2. The molecule has 0 radical (unpaired) electrons. The third-order valence-corrected chi connectivity index (χ3v) is 3.01. The fraction of sp³-hybridized carbons (Fsp3) is 0.188. The van der Waals surface area contributed by atoms with Crippen LogP contribution in [0.3, 0.4) is 0 Å². The summed E-state index contributed by atoms with van der Waals surface area (Å²) in [6.07, 6.45) is -4.93. The highest BCUT2D eigenvalue weighted by atomic mass is 19.4. The summed E-state index contributed by atoms with van der Waals surface area (Å²) in [6, 6.07) is 15.3. The molecule has 0 heterocycles. The third kappa shape index (κ3) is 3.78. The van der Waals surface area contributed by atoms with Crippen molar-refractivity contribution in [3.63, 3.8) is 0 Å². The van der Waals surface area contributed by atoms with Gasteiger partial charge in [-0.05, 0) is 17.7 Å². The van der Waals surface area contributed by atoms with Crippen molar-refractivity contribution in [3.05, 3.63) is 60.2 Å². The first-order valence-corrected chi connectivity index (χ1v) is 6.50. The molecule has 0 aromatic heterocycles. The van der Waals surface area contributed by atoms with Crippen molar-refractivity contribution in [2.45, 2.75) is 12.8 Å². The van der Waals surface area contributed by atoms with Crippen LogP contribution in [0.25, 0.3) is 0 Å². The van der Waals surface area contributed by atoms with Gasteiger partial charge in [0.2, 0.25) is 0 Å². The second-order valence-corrected chi connectivity index (χ2v) is 4.60. The van der Waals surface area contributed by atoms with E-state index in [2.05, 4.69) is 0 Å². The lowest BCUT2D eigenvalue weighted by Gasteiger charge is -2.21. The number of hydrogen-bond acceptors (Lipinski definition) is 2. The van der Waals surface area contributed by atoms with Gasteiger partial charge in [-0.2, -0.15) is 13.2 Å². The zero-order chi connectivity index (χ0) is 16.2. The number of nitrogens with zero attached hydrogens (tertiary/aromatic N) is 1. The van der Waals surface area contributed by atoms with Gasteiger partial charge in [-0.15, -0.1) is 0 Å². The molecule has 0 bridgehead atoms. The molecule has 6 heteroatoms. The molecule has 3 nitrogen and oxygen atoms in total. The van der Waals surface area contributed by atoms with Gasteiger partial charge < -0.3 is 9.64 Å². The van der Waals surface area contributed by atoms with Crippen molar-refractivity contribution in [3.8, 4) is 5.75 Å². The van der Waals surface area contributed by atoms with Gasteiger partial charge in [-0.3, -0.25) is 4.79 Å². The van der Waals surface area contributed by atoms with Crippen molar-refractivity contribution in [2.75, 3.05) is 11.9 Å². The number of carbonyl (C=O) groups excluding carboxylic acids is 1. The van der Waals surface area contributed by atoms with Crippen LogP contribution in [0.15, 0.2) is 54.6 Å². The first-order valence-electron chi connectivity index (χ1n) is 6.50. The lowest BCUT2D eigenvalue weighted by Crippen LogP contribution is -2.38. The minimum atomic E-state index is -4.93. The molecule has 116 valence electrons. The quantitative estimate of drug-likeness (QED) is 0.860. The van der Waals surface area contributed by atoms with Crippen LogP contribution in [0.2, 0.25) is 0 Å². The van der Waals surface area contributed by atoms with Gasteiger partial charge in [0.15, 0.2) is 0 Å². The fourth-order valence-corrected chi connectivity index (χ4v) is 1.89. The molecule has 2 aromatic rings. The Balaban J connectivity index is 2.18. The van der Waals surface area contributed by atoms with E-state index < -0.39 is 12.1 Å². The van der Waals surface area contributed by atoms with Crippen LogP contribution in [0.4, 0.5) is 18.9 Å². The predicted molar refractivity (Wildman–Crippen MR) is 76.7 cm³/mol.